The van der Waals surface area contributed by atoms with Gasteiger partial charge >= 0.3 is 11.9 Å². The maximum atomic E-state index is 12.2. The molecule has 6 heteroatoms. The number of nitrogens with zero attached hydrogens (tertiary/aromatic N) is 1. The molecule has 44 heavy (non-hydrogen) atoms. The fourth-order valence-electron chi connectivity index (χ4n) is 5.45. The van der Waals surface area contributed by atoms with Crippen LogP contribution < -0.4 is 4.74 Å². The standard InChI is InChI=1S/C38H67NO5/c1-4-6-8-9-16-22-33-43-37(40)24-18-12-10-14-20-30-39(32-34-42-3)31-21-15-11-13-19-25-38(41)44-36-28-26-35(27-29-36)23-17-7-5-2/h26-29H,4-25,30-34H2,1-3H3. The quantitative estimate of drug-likeness (QED) is 0.0469. The van der Waals surface area contributed by atoms with Gasteiger partial charge < -0.3 is 19.1 Å². The zero-order chi connectivity index (χ0) is 31.9. The Kier molecular flexibility index (Phi) is 27.1. The van der Waals surface area contributed by atoms with Crippen LogP contribution >= 0.6 is 0 Å². The minimum Gasteiger partial charge on any atom is -0.466 e. The van der Waals surface area contributed by atoms with Crippen LogP contribution in [-0.2, 0) is 25.5 Å². The van der Waals surface area contributed by atoms with Gasteiger partial charge in [0.05, 0.1) is 13.2 Å². The average molecular weight is 618 g/mol. The number of esters is 2. The van der Waals surface area contributed by atoms with E-state index in [4.69, 9.17) is 14.2 Å². The predicted octanol–water partition coefficient (Wildman–Crippen LogP) is 9.86. The number of methoxy groups -OCH3 is 1. The van der Waals surface area contributed by atoms with E-state index in [-0.39, 0.29) is 11.9 Å². The van der Waals surface area contributed by atoms with Gasteiger partial charge in [-0.25, -0.2) is 0 Å². The third-order valence-corrected chi connectivity index (χ3v) is 8.31. The van der Waals surface area contributed by atoms with Gasteiger partial charge in [0.25, 0.3) is 0 Å². The molecular weight excluding hydrogens is 550 g/mol. The lowest BCUT2D eigenvalue weighted by Crippen LogP contribution is -2.29. The van der Waals surface area contributed by atoms with E-state index < -0.39 is 0 Å². The van der Waals surface area contributed by atoms with Crippen LogP contribution in [0.15, 0.2) is 24.3 Å². The first kappa shape index (κ1) is 40.1. The third kappa shape index (κ3) is 24.4. The predicted molar refractivity (Wildman–Crippen MR) is 183 cm³/mol. The molecule has 0 atom stereocenters. The molecule has 0 spiro atoms. The van der Waals surface area contributed by atoms with Crippen molar-refractivity contribution in [2.24, 2.45) is 0 Å². The molecule has 0 fully saturated rings. The molecule has 1 rings (SSSR count). The van der Waals surface area contributed by atoms with E-state index in [2.05, 4.69) is 30.9 Å². The van der Waals surface area contributed by atoms with Crippen LogP contribution in [0.3, 0.4) is 0 Å². The van der Waals surface area contributed by atoms with Crippen LogP contribution in [0, 0.1) is 0 Å². The van der Waals surface area contributed by atoms with Gasteiger partial charge in [-0.05, 0) is 75.7 Å². The molecule has 0 aliphatic carbocycles. The summed E-state index contributed by atoms with van der Waals surface area (Å²) in [5, 5.41) is 0. The lowest BCUT2D eigenvalue weighted by Gasteiger charge is -2.22. The highest BCUT2D eigenvalue weighted by Crippen LogP contribution is 2.16. The van der Waals surface area contributed by atoms with Crippen LogP contribution in [-0.4, -0.2) is 56.8 Å². The van der Waals surface area contributed by atoms with Crippen LogP contribution in [0.4, 0.5) is 0 Å². The third-order valence-electron chi connectivity index (χ3n) is 8.31. The summed E-state index contributed by atoms with van der Waals surface area (Å²) in [4.78, 5) is 26.7. The van der Waals surface area contributed by atoms with E-state index in [1.807, 2.05) is 12.1 Å². The molecule has 0 unspecified atom stereocenters. The molecule has 0 aliphatic rings. The van der Waals surface area contributed by atoms with Crippen molar-refractivity contribution in [1.29, 1.82) is 0 Å². The van der Waals surface area contributed by atoms with E-state index in [0.717, 1.165) is 71.2 Å². The van der Waals surface area contributed by atoms with Gasteiger partial charge in [0.15, 0.2) is 0 Å². The fraction of sp³-hybridized carbons (Fsp3) is 0.789. The van der Waals surface area contributed by atoms with Crippen LogP contribution in [0.25, 0.3) is 0 Å². The number of hydrogen-bond acceptors (Lipinski definition) is 6. The maximum absolute atomic E-state index is 12.2. The van der Waals surface area contributed by atoms with Gasteiger partial charge in [-0.1, -0.05) is 109 Å². The summed E-state index contributed by atoms with van der Waals surface area (Å²) >= 11 is 0. The second kappa shape index (κ2) is 29.8. The van der Waals surface area contributed by atoms with Crippen molar-refractivity contribution in [1.82, 2.24) is 4.90 Å². The Morgan fingerprint density at radius 3 is 1.70 bits per heavy atom. The normalized spacial score (nSPS) is 11.3. The number of carbonyl (C=O) groups excluding carboxylic acids is 2. The van der Waals surface area contributed by atoms with E-state index >= 15 is 0 Å². The summed E-state index contributed by atoms with van der Waals surface area (Å²) in [7, 11) is 1.77. The molecule has 0 amide bonds. The van der Waals surface area contributed by atoms with E-state index in [1.54, 1.807) is 7.11 Å². The second-order valence-corrected chi connectivity index (χ2v) is 12.4. The van der Waals surface area contributed by atoms with E-state index in [0.29, 0.717) is 25.2 Å². The van der Waals surface area contributed by atoms with Gasteiger partial charge in [0, 0.05) is 26.5 Å². The second-order valence-electron chi connectivity index (χ2n) is 12.4. The monoisotopic (exact) mass is 618 g/mol. The Hall–Kier alpha value is -1.92. The molecular formula is C38H67NO5. The molecule has 6 nitrogen and oxygen atoms in total. The highest BCUT2D eigenvalue weighted by atomic mass is 16.5. The minimum absolute atomic E-state index is 0.0251. The summed E-state index contributed by atoms with van der Waals surface area (Å²) in [5.41, 5.74) is 1.31. The number of benzene rings is 1. The summed E-state index contributed by atoms with van der Waals surface area (Å²) in [6.07, 6.45) is 24.2. The van der Waals surface area contributed by atoms with Crippen molar-refractivity contribution in [2.45, 2.75) is 155 Å². The molecule has 254 valence electrons. The largest absolute Gasteiger partial charge is 0.466 e. The van der Waals surface area contributed by atoms with Crippen molar-refractivity contribution in [2.75, 3.05) is 40.0 Å². The summed E-state index contributed by atoms with van der Waals surface area (Å²) < 4.78 is 16.2. The molecule has 0 saturated heterocycles. The lowest BCUT2D eigenvalue weighted by molar-refractivity contribution is -0.144. The van der Waals surface area contributed by atoms with Crippen molar-refractivity contribution >= 4 is 11.9 Å². The average Bonchev–Trinajstić information content (AvgIpc) is 3.02. The Balaban J connectivity index is 2.03. The number of hydrogen-bond donors (Lipinski definition) is 0. The Morgan fingerprint density at radius 2 is 1.09 bits per heavy atom. The molecule has 1 aromatic rings. The Bertz CT molecular complexity index is 797. The van der Waals surface area contributed by atoms with E-state index in [9.17, 15) is 9.59 Å². The van der Waals surface area contributed by atoms with Gasteiger partial charge in [0.1, 0.15) is 5.75 Å². The highest BCUT2D eigenvalue weighted by Gasteiger charge is 2.08. The first-order valence-corrected chi connectivity index (χ1v) is 18.3. The fourth-order valence-corrected chi connectivity index (χ4v) is 5.45. The summed E-state index contributed by atoms with van der Waals surface area (Å²) in [5.74, 6) is 0.505. The molecule has 0 saturated carbocycles. The molecule has 1 aromatic carbocycles. The van der Waals surface area contributed by atoms with Gasteiger partial charge in [-0.2, -0.15) is 0 Å². The molecule has 0 aromatic heterocycles. The van der Waals surface area contributed by atoms with Crippen LogP contribution in [0.5, 0.6) is 5.75 Å². The van der Waals surface area contributed by atoms with Gasteiger partial charge in [-0.15, -0.1) is 0 Å². The number of aryl methyl sites for hydroxylation is 1. The summed E-state index contributed by atoms with van der Waals surface area (Å²) in [6, 6.07) is 8.00. The smallest absolute Gasteiger partial charge is 0.311 e. The maximum Gasteiger partial charge on any atom is 0.311 e. The van der Waals surface area contributed by atoms with Crippen molar-refractivity contribution in [3.8, 4) is 5.75 Å². The number of unbranched alkanes of at least 4 members (excludes halogenated alkanes) is 15. The topological polar surface area (TPSA) is 65.1 Å². The lowest BCUT2D eigenvalue weighted by atomic mass is 10.1. The first-order chi connectivity index (χ1) is 21.6. The number of rotatable bonds is 31. The minimum atomic E-state index is -0.127. The number of ether oxygens (including phenoxy) is 3. The number of carbonyl (C=O) groups is 2. The SMILES string of the molecule is CCCCCCCCOC(=O)CCCCCCCN(CCCCCCCC(=O)Oc1ccc(CCCCC)cc1)CCOC. The van der Waals surface area contributed by atoms with Crippen molar-refractivity contribution in [3.63, 3.8) is 0 Å². The van der Waals surface area contributed by atoms with E-state index in [1.165, 1.54) is 89.0 Å². The molecule has 0 heterocycles. The first-order valence-electron chi connectivity index (χ1n) is 18.3. The van der Waals surface area contributed by atoms with Gasteiger partial charge in [0.2, 0.25) is 0 Å². The zero-order valence-corrected chi connectivity index (χ0v) is 28.9. The Morgan fingerprint density at radius 1 is 0.568 bits per heavy atom. The zero-order valence-electron chi connectivity index (χ0n) is 28.9. The van der Waals surface area contributed by atoms with Crippen molar-refractivity contribution < 1.29 is 23.8 Å². The van der Waals surface area contributed by atoms with Crippen LogP contribution in [0.2, 0.25) is 0 Å². The molecule has 0 radical (unpaired) electrons. The summed E-state index contributed by atoms with van der Waals surface area (Å²) in [6.45, 7) is 8.99. The molecule has 0 N–H and O–H groups in total. The van der Waals surface area contributed by atoms with Crippen LogP contribution in [0.1, 0.15) is 154 Å². The molecule has 0 bridgehead atoms. The molecule has 0 aliphatic heterocycles. The highest BCUT2D eigenvalue weighted by molar-refractivity contribution is 5.72. The van der Waals surface area contributed by atoms with Crippen molar-refractivity contribution in [3.05, 3.63) is 29.8 Å². The Labute approximate surface area is 271 Å². The van der Waals surface area contributed by atoms with Gasteiger partial charge in [-0.3, -0.25) is 9.59 Å².